The first-order valence-corrected chi connectivity index (χ1v) is 12.7. The van der Waals surface area contributed by atoms with Crippen molar-refractivity contribution in [3.63, 3.8) is 0 Å². The molecule has 2 heterocycles. The lowest BCUT2D eigenvalue weighted by molar-refractivity contribution is -0.118. The third-order valence-corrected chi connectivity index (χ3v) is 7.21. The summed E-state index contributed by atoms with van der Waals surface area (Å²) in [5.74, 6) is 1.48. The van der Waals surface area contributed by atoms with E-state index in [-0.39, 0.29) is 23.7 Å². The number of aliphatic hydroxyl groups excluding tert-OH is 1. The number of hydrogen-bond acceptors (Lipinski definition) is 5. The minimum atomic E-state index is -0.271. The summed E-state index contributed by atoms with van der Waals surface area (Å²) in [5, 5.41) is 17.0. The number of anilines is 1. The van der Waals surface area contributed by atoms with Crippen LogP contribution < -0.4 is 10.1 Å². The molecule has 190 valence electrons. The molecule has 0 fully saturated rings. The van der Waals surface area contributed by atoms with Gasteiger partial charge in [-0.1, -0.05) is 55.2 Å². The molecule has 1 aliphatic carbocycles. The number of rotatable bonds is 3. The lowest BCUT2D eigenvalue weighted by Gasteiger charge is -2.39. The van der Waals surface area contributed by atoms with Crippen LogP contribution in [0.4, 0.5) is 5.82 Å². The summed E-state index contributed by atoms with van der Waals surface area (Å²) in [5.41, 5.74) is 5.19. The normalized spacial score (nSPS) is 18.0. The number of carbonyl (C=O) groups excluding carboxylic acids is 1. The maximum atomic E-state index is 13.5. The zero-order valence-corrected chi connectivity index (χ0v) is 22.7. The molecule has 0 saturated heterocycles. The quantitative estimate of drug-likeness (QED) is 0.396. The number of aliphatic hydroxyl groups is 1. The van der Waals surface area contributed by atoms with Gasteiger partial charge in [0.05, 0.1) is 28.5 Å². The standard InChI is InChI=1S/C26H25Cl2N3O2.C2H6O/c1-14-22-23(16-7-5-6-8-21(16)33-4)24-19(12-26(2,3)13-20(24)32)29-25(22)31(30-14)15-9-10-17(27)18(28)11-15;1-2-3/h5-11,23,29H,12-13H2,1-4H3;3H,2H2,1H3. The third-order valence-electron chi connectivity index (χ3n) is 6.47. The molecule has 1 atom stereocenters. The van der Waals surface area contributed by atoms with Crippen molar-refractivity contribution in [2.45, 2.75) is 46.5 Å². The Labute approximate surface area is 221 Å². The van der Waals surface area contributed by atoms with Crippen LogP contribution in [0.1, 0.15) is 56.4 Å². The van der Waals surface area contributed by atoms with E-state index in [1.807, 2.05) is 41.9 Å². The fraction of sp³-hybridized carbons (Fsp3) is 0.357. The minimum Gasteiger partial charge on any atom is -0.496 e. The number of halogens is 2. The van der Waals surface area contributed by atoms with Gasteiger partial charge >= 0.3 is 0 Å². The predicted molar refractivity (Wildman–Crippen MR) is 145 cm³/mol. The molecule has 2 aromatic carbocycles. The van der Waals surface area contributed by atoms with Gasteiger partial charge in [-0.15, -0.1) is 0 Å². The van der Waals surface area contributed by atoms with Crippen molar-refractivity contribution in [2.75, 3.05) is 19.0 Å². The van der Waals surface area contributed by atoms with Crippen LogP contribution in [0, 0.1) is 12.3 Å². The first-order chi connectivity index (χ1) is 17.1. The molecule has 0 bridgehead atoms. The Kier molecular flexibility index (Phi) is 7.51. The number of aromatic nitrogens is 2. The van der Waals surface area contributed by atoms with E-state index in [0.29, 0.717) is 16.5 Å². The van der Waals surface area contributed by atoms with E-state index in [9.17, 15) is 4.79 Å². The molecule has 5 rings (SSSR count). The van der Waals surface area contributed by atoms with Crippen LogP contribution in [0.25, 0.3) is 5.69 Å². The van der Waals surface area contributed by atoms with Crippen molar-refractivity contribution < 1.29 is 14.6 Å². The second-order valence-corrected chi connectivity index (χ2v) is 10.6. The fourth-order valence-electron chi connectivity index (χ4n) is 5.09. The van der Waals surface area contributed by atoms with Crippen LogP contribution in [0.3, 0.4) is 0 Å². The number of nitrogens with one attached hydrogen (secondary N) is 1. The predicted octanol–water partition coefficient (Wildman–Crippen LogP) is 6.70. The van der Waals surface area contributed by atoms with Gasteiger partial charge in [-0.05, 0) is 49.9 Å². The van der Waals surface area contributed by atoms with Crippen molar-refractivity contribution in [3.8, 4) is 11.4 Å². The molecule has 8 heteroatoms. The van der Waals surface area contributed by atoms with E-state index in [2.05, 4.69) is 19.2 Å². The van der Waals surface area contributed by atoms with Gasteiger partial charge in [0.25, 0.3) is 0 Å². The second-order valence-electron chi connectivity index (χ2n) is 9.81. The number of methoxy groups -OCH3 is 1. The molecule has 3 aromatic rings. The van der Waals surface area contributed by atoms with Gasteiger partial charge in [0.15, 0.2) is 5.78 Å². The Morgan fingerprint density at radius 3 is 2.53 bits per heavy atom. The van der Waals surface area contributed by atoms with Crippen molar-refractivity contribution in [2.24, 2.45) is 5.41 Å². The number of aryl methyl sites for hydroxylation is 1. The van der Waals surface area contributed by atoms with Crippen molar-refractivity contribution in [1.82, 2.24) is 9.78 Å². The minimum absolute atomic E-state index is 0.130. The summed E-state index contributed by atoms with van der Waals surface area (Å²) >= 11 is 12.5. The number of para-hydroxylation sites is 1. The molecule has 1 aliphatic heterocycles. The molecule has 36 heavy (non-hydrogen) atoms. The SMILES string of the molecule is CCO.COc1ccccc1C1C2=C(CC(C)(C)CC2=O)Nc2c1c(C)nn2-c1ccc(Cl)c(Cl)c1. The Morgan fingerprint density at radius 1 is 1.17 bits per heavy atom. The van der Waals surface area contributed by atoms with Crippen molar-refractivity contribution in [1.29, 1.82) is 0 Å². The summed E-state index contributed by atoms with van der Waals surface area (Å²) in [4.78, 5) is 13.5. The van der Waals surface area contributed by atoms with Crippen LogP contribution in [0.2, 0.25) is 10.0 Å². The molecule has 1 aromatic heterocycles. The zero-order chi connectivity index (χ0) is 26.2. The molecule has 0 amide bonds. The van der Waals surface area contributed by atoms with Gasteiger partial charge in [-0.25, -0.2) is 4.68 Å². The zero-order valence-electron chi connectivity index (χ0n) is 21.2. The molecule has 1 unspecified atom stereocenters. The topological polar surface area (TPSA) is 76.4 Å². The summed E-state index contributed by atoms with van der Waals surface area (Å²) < 4.78 is 7.57. The fourth-order valence-corrected chi connectivity index (χ4v) is 5.39. The number of ketones is 1. The number of Topliss-reactive ketones (excluding diaryl/α,β-unsaturated/α-hetero) is 1. The number of hydrogen-bond donors (Lipinski definition) is 2. The van der Waals surface area contributed by atoms with Crippen LogP contribution >= 0.6 is 23.2 Å². The maximum absolute atomic E-state index is 13.5. The average Bonchev–Trinajstić information content (AvgIpc) is 3.15. The number of fused-ring (bicyclic) bond motifs is 1. The van der Waals surface area contributed by atoms with E-state index in [1.165, 1.54) is 0 Å². The number of nitrogens with zero attached hydrogens (tertiary/aromatic N) is 2. The highest BCUT2D eigenvalue weighted by molar-refractivity contribution is 6.42. The smallest absolute Gasteiger partial charge is 0.162 e. The van der Waals surface area contributed by atoms with Gasteiger partial charge in [0.2, 0.25) is 0 Å². The highest BCUT2D eigenvalue weighted by Gasteiger charge is 2.43. The molecule has 2 N–H and O–H groups in total. The lowest BCUT2D eigenvalue weighted by atomic mass is 9.69. The van der Waals surface area contributed by atoms with Gasteiger partial charge in [-0.2, -0.15) is 5.10 Å². The van der Waals surface area contributed by atoms with Crippen LogP contribution in [-0.2, 0) is 4.79 Å². The van der Waals surface area contributed by atoms with E-state index in [4.69, 9.17) is 38.1 Å². The van der Waals surface area contributed by atoms with E-state index < -0.39 is 0 Å². The highest BCUT2D eigenvalue weighted by atomic mass is 35.5. The molecular weight excluding hydrogens is 497 g/mol. The molecule has 0 radical (unpaired) electrons. The largest absolute Gasteiger partial charge is 0.496 e. The first-order valence-electron chi connectivity index (χ1n) is 11.9. The molecule has 6 nitrogen and oxygen atoms in total. The Morgan fingerprint density at radius 2 is 1.86 bits per heavy atom. The third kappa shape index (κ3) is 4.77. The maximum Gasteiger partial charge on any atom is 0.162 e. The monoisotopic (exact) mass is 527 g/mol. The summed E-state index contributed by atoms with van der Waals surface area (Å²) in [6.45, 7) is 8.16. The average molecular weight is 528 g/mol. The van der Waals surface area contributed by atoms with Crippen molar-refractivity contribution in [3.05, 3.63) is 80.6 Å². The molecule has 0 spiro atoms. The lowest BCUT2D eigenvalue weighted by Crippen LogP contribution is -2.34. The van der Waals surface area contributed by atoms with Gasteiger partial charge in [0, 0.05) is 41.3 Å². The van der Waals surface area contributed by atoms with E-state index in [1.54, 1.807) is 26.2 Å². The van der Waals surface area contributed by atoms with Crippen LogP contribution in [0.15, 0.2) is 53.7 Å². The van der Waals surface area contributed by atoms with Gasteiger partial charge in [-0.3, -0.25) is 4.79 Å². The van der Waals surface area contributed by atoms with Gasteiger partial charge in [0.1, 0.15) is 11.6 Å². The number of benzene rings is 2. The Balaban J connectivity index is 0.000000967. The number of allylic oxidation sites excluding steroid dienone is 2. The Bertz CT molecular complexity index is 1340. The first kappa shape index (κ1) is 26.3. The van der Waals surface area contributed by atoms with Crippen LogP contribution in [-0.4, -0.2) is 34.4 Å². The summed E-state index contributed by atoms with van der Waals surface area (Å²) in [7, 11) is 1.66. The van der Waals surface area contributed by atoms with Crippen LogP contribution in [0.5, 0.6) is 5.75 Å². The molecular formula is C28H31Cl2N3O3. The summed E-state index contributed by atoms with van der Waals surface area (Å²) in [6.07, 6.45) is 1.28. The number of carbonyl (C=O) groups is 1. The second kappa shape index (κ2) is 10.3. The van der Waals surface area contributed by atoms with Gasteiger partial charge < -0.3 is 15.2 Å². The van der Waals surface area contributed by atoms with E-state index in [0.717, 1.165) is 51.8 Å². The number of ether oxygens (including phenoxy) is 1. The summed E-state index contributed by atoms with van der Waals surface area (Å²) in [6, 6.07) is 13.4. The van der Waals surface area contributed by atoms with E-state index >= 15 is 0 Å². The highest BCUT2D eigenvalue weighted by Crippen LogP contribution is 2.51. The van der Waals surface area contributed by atoms with Crippen molar-refractivity contribution >= 4 is 34.8 Å². The Hall–Kier alpha value is -2.80. The molecule has 2 aliphatic rings. The molecule has 0 saturated carbocycles.